The maximum absolute atomic E-state index is 14.0. The van der Waals surface area contributed by atoms with Gasteiger partial charge in [-0.2, -0.15) is 0 Å². The summed E-state index contributed by atoms with van der Waals surface area (Å²) in [5.74, 6) is -0.541. The van der Waals surface area contributed by atoms with Crippen LogP contribution >= 0.6 is 0 Å². The van der Waals surface area contributed by atoms with Crippen molar-refractivity contribution in [3.63, 3.8) is 0 Å². The SMILES string of the molecule is CC.O=C1C=CC[C@H](C(O)C(F)c2ccccc2)O1. The highest BCUT2D eigenvalue weighted by Crippen LogP contribution is 2.26. The van der Waals surface area contributed by atoms with Crippen LogP contribution in [0.4, 0.5) is 4.39 Å². The number of ether oxygens (including phenoxy) is 1. The zero-order chi connectivity index (χ0) is 14.3. The number of rotatable bonds is 3. The van der Waals surface area contributed by atoms with E-state index in [-0.39, 0.29) is 0 Å². The van der Waals surface area contributed by atoms with Crippen molar-refractivity contribution in [1.82, 2.24) is 0 Å². The average molecular weight is 266 g/mol. The molecule has 0 bridgehead atoms. The van der Waals surface area contributed by atoms with Crippen molar-refractivity contribution in [2.75, 3.05) is 0 Å². The van der Waals surface area contributed by atoms with E-state index >= 15 is 0 Å². The van der Waals surface area contributed by atoms with Gasteiger partial charge in [0, 0.05) is 12.5 Å². The number of alkyl halides is 1. The molecule has 1 N–H and O–H groups in total. The van der Waals surface area contributed by atoms with Crippen molar-refractivity contribution in [2.45, 2.75) is 38.6 Å². The van der Waals surface area contributed by atoms with Gasteiger partial charge in [0.05, 0.1) is 0 Å². The third kappa shape index (κ3) is 4.17. The molecule has 1 aromatic carbocycles. The van der Waals surface area contributed by atoms with Crippen molar-refractivity contribution in [2.24, 2.45) is 0 Å². The highest BCUT2D eigenvalue weighted by atomic mass is 19.1. The lowest BCUT2D eigenvalue weighted by Gasteiger charge is -2.26. The van der Waals surface area contributed by atoms with Crippen LogP contribution in [-0.2, 0) is 9.53 Å². The van der Waals surface area contributed by atoms with Gasteiger partial charge in [0.2, 0.25) is 0 Å². The van der Waals surface area contributed by atoms with Gasteiger partial charge in [-0.1, -0.05) is 50.3 Å². The van der Waals surface area contributed by atoms with Crippen molar-refractivity contribution in [1.29, 1.82) is 0 Å². The van der Waals surface area contributed by atoms with Crippen LogP contribution in [-0.4, -0.2) is 23.3 Å². The first kappa shape index (κ1) is 15.4. The summed E-state index contributed by atoms with van der Waals surface area (Å²) in [6.45, 7) is 4.00. The topological polar surface area (TPSA) is 46.5 Å². The Morgan fingerprint density at radius 2 is 1.95 bits per heavy atom. The minimum absolute atomic E-state index is 0.333. The number of esters is 1. The zero-order valence-corrected chi connectivity index (χ0v) is 11.1. The highest BCUT2D eigenvalue weighted by Gasteiger charge is 2.32. The van der Waals surface area contributed by atoms with Gasteiger partial charge in [0.1, 0.15) is 12.2 Å². The molecular formula is C15H19FO3. The Labute approximate surface area is 112 Å². The fourth-order valence-corrected chi connectivity index (χ4v) is 1.77. The summed E-state index contributed by atoms with van der Waals surface area (Å²) < 4.78 is 18.8. The van der Waals surface area contributed by atoms with E-state index in [9.17, 15) is 14.3 Å². The number of cyclic esters (lactones) is 1. The summed E-state index contributed by atoms with van der Waals surface area (Å²) in [5, 5.41) is 9.83. The lowest BCUT2D eigenvalue weighted by atomic mass is 9.99. The van der Waals surface area contributed by atoms with Crippen molar-refractivity contribution >= 4 is 5.97 Å². The number of carbonyl (C=O) groups excluding carboxylic acids is 1. The smallest absolute Gasteiger partial charge is 0.330 e. The van der Waals surface area contributed by atoms with Gasteiger partial charge in [-0.05, 0) is 5.56 Å². The van der Waals surface area contributed by atoms with Crippen LogP contribution in [0.1, 0.15) is 32.0 Å². The number of hydrogen-bond donors (Lipinski definition) is 1. The largest absolute Gasteiger partial charge is 0.456 e. The molecule has 1 aromatic rings. The van der Waals surface area contributed by atoms with Crippen LogP contribution in [0.5, 0.6) is 0 Å². The van der Waals surface area contributed by atoms with E-state index in [0.29, 0.717) is 12.0 Å². The second kappa shape index (κ2) is 7.69. The monoisotopic (exact) mass is 266 g/mol. The first-order valence-electron chi connectivity index (χ1n) is 6.42. The zero-order valence-electron chi connectivity index (χ0n) is 11.1. The van der Waals surface area contributed by atoms with Gasteiger partial charge in [-0.15, -0.1) is 0 Å². The van der Waals surface area contributed by atoms with E-state index in [1.54, 1.807) is 36.4 Å². The van der Waals surface area contributed by atoms with E-state index < -0.39 is 24.3 Å². The molecule has 0 saturated carbocycles. The predicted molar refractivity (Wildman–Crippen MR) is 71.3 cm³/mol. The Kier molecular flexibility index (Phi) is 6.22. The number of aliphatic hydroxyl groups excluding tert-OH is 1. The second-order valence-corrected chi connectivity index (χ2v) is 3.92. The van der Waals surface area contributed by atoms with Gasteiger partial charge >= 0.3 is 5.97 Å². The Balaban J connectivity index is 0.000000861. The van der Waals surface area contributed by atoms with Crippen LogP contribution in [0.2, 0.25) is 0 Å². The van der Waals surface area contributed by atoms with Crippen LogP contribution < -0.4 is 0 Å². The molecule has 0 aromatic heterocycles. The highest BCUT2D eigenvalue weighted by molar-refractivity contribution is 5.82. The molecule has 0 fully saturated rings. The lowest BCUT2D eigenvalue weighted by molar-refractivity contribution is -0.153. The molecule has 0 radical (unpaired) electrons. The number of benzene rings is 1. The maximum Gasteiger partial charge on any atom is 0.330 e. The molecular weight excluding hydrogens is 247 g/mol. The molecule has 3 atom stereocenters. The van der Waals surface area contributed by atoms with Crippen LogP contribution in [0.3, 0.4) is 0 Å². The third-order valence-corrected chi connectivity index (χ3v) is 2.69. The first-order chi connectivity index (χ1) is 9.18. The standard InChI is InChI=1S/C13H13FO3.C2H6/c14-12(9-5-2-1-3-6-9)13(16)10-7-4-8-11(15)17-10;1-2/h1-6,8,10,12-13,16H,7H2;1-2H3/t10-,12?,13?;/m1./s1. The summed E-state index contributed by atoms with van der Waals surface area (Å²) in [6, 6.07) is 8.34. The molecule has 1 aliphatic rings. The van der Waals surface area contributed by atoms with Crippen molar-refractivity contribution in [3.05, 3.63) is 48.0 Å². The first-order valence-corrected chi connectivity index (χ1v) is 6.42. The summed E-state index contributed by atoms with van der Waals surface area (Å²) in [6.07, 6.45) is -0.522. The quantitative estimate of drug-likeness (QED) is 0.856. The van der Waals surface area contributed by atoms with Gasteiger partial charge in [-0.25, -0.2) is 9.18 Å². The molecule has 0 amide bonds. The minimum atomic E-state index is -1.56. The number of carbonyl (C=O) groups is 1. The molecule has 2 rings (SSSR count). The molecule has 1 aliphatic heterocycles. The van der Waals surface area contributed by atoms with E-state index in [1.807, 2.05) is 13.8 Å². The predicted octanol–water partition coefficient (Wildman–Crippen LogP) is 2.96. The Morgan fingerprint density at radius 3 is 2.53 bits per heavy atom. The van der Waals surface area contributed by atoms with Gasteiger partial charge < -0.3 is 9.84 Å². The van der Waals surface area contributed by atoms with Crippen LogP contribution in [0.15, 0.2) is 42.5 Å². The lowest BCUT2D eigenvalue weighted by Crippen LogP contribution is -2.35. The summed E-state index contributed by atoms with van der Waals surface area (Å²) in [4.78, 5) is 11.0. The van der Waals surface area contributed by atoms with Gasteiger partial charge in [0.15, 0.2) is 6.17 Å². The van der Waals surface area contributed by atoms with Crippen molar-refractivity contribution < 1.29 is 19.0 Å². The molecule has 104 valence electrons. The van der Waals surface area contributed by atoms with Crippen LogP contribution in [0, 0.1) is 0 Å². The summed E-state index contributed by atoms with van der Waals surface area (Å²) >= 11 is 0. The fraction of sp³-hybridized carbons (Fsp3) is 0.400. The number of halogens is 1. The molecule has 0 saturated heterocycles. The summed E-state index contributed by atoms with van der Waals surface area (Å²) in [7, 11) is 0. The molecule has 0 spiro atoms. The van der Waals surface area contributed by atoms with Crippen molar-refractivity contribution in [3.8, 4) is 0 Å². The Hall–Kier alpha value is -1.68. The fourth-order valence-electron chi connectivity index (χ4n) is 1.77. The third-order valence-electron chi connectivity index (χ3n) is 2.69. The molecule has 0 aliphatic carbocycles. The maximum atomic E-state index is 14.0. The van der Waals surface area contributed by atoms with Gasteiger partial charge in [0.25, 0.3) is 0 Å². The summed E-state index contributed by atoms with van der Waals surface area (Å²) in [5.41, 5.74) is 0.380. The van der Waals surface area contributed by atoms with E-state index in [4.69, 9.17) is 4.74 Å². The molecule has 3 nitrogen and oxygen atoms in total. The van der Waals surface area contributed by atoms with E-state index in [0.717, 1.165) is 0 Å². The average Bonchev–Trinajstić information content (AvgIpc) is 2.48. The van der Waals surface area contributed by atoms with Crippen LogP contribution in [0.25, 0.3) is 0 Å². The van der Waals surface area contributed by atoms with E-state index in [1.165, 1.54) is 6.08 Å². The Morgan fingerprint density at radius 1 is 1.32 bits per heavy atom. The molecule has 19 heavy (non-hydrogen) atoms. The van der Waals surface area contributed by atoms with Gasteiger partial charge in [-0.3, -0.25) is 0 Å². The molecule has 2 unspecified atom stereocenters. The molecule has 4 heteroatoms. The number of hydrogen-bond acceptors (Lipinski definition) is 3. The second-order valence-electron chi connectivity index (χ2n) is 3.92. The molecule has 1 heterocycles. The normalized spacial score (nSPS) is 20.8. The Bertz CT molecular complexity index is 417. The van der Waals surface area contributed by atoms with E-state index in [2.05, 4.69) is 0 Å². The number of aliphatic hydroxyl groups is 1. The minimum Gasteiger partial charge on any atom is -0.456 e.